The molecule has 13 heteroatoms. The molecule has 0 bridgehead atoms. The predicted molar refractivity (Wildman–Crippen MR) is 177 cm³/mol. The molecule has 1 aromatic rings. The first-order valence-corrected chi connectivity index (χ1v) is 17.4. The van der Waals surface area contributed by atoms with E-state index in [0.717, 1.165) is 5.56 Å². The normalized spacial score (nSPS) is 14.6. The minimum Gasteiger partial charge on any atom is -0.348 e. The van der Waals surface area contributed by atoms with Crippen molar-refractivity contribution in [3.63, 3.8) is 0 Å². The number of nitrogens with one attached hydrogen (secondary N) is 3. The first-order chi connectivity index (χ1) is 21.2. The zero-order chi connectivity index (χ0) is 34.0. The highest BCUT2D eigenvalue weighted by Crippen LogP contribution is 2.49. The summed E-state index contributed by atoms with van der Waals surface area (Å²) in [6.45, 7) is 15.6. The first kappa shape index (κ1) is 39.9. The van der Waals surface area contributed by atoms with Gasteiger partial charge in [0, 0.05) is 16.8 Å². The zero-order valence-electron chi connectivity index (χ0n) is 28.1. The molecule has 3 N–H and O–H groups in total. The quantitative estimate of drug-likeness (QED) is 0.0613. The Morgan fingerprint density at radius 2 is 1.31 bits per heavy atom. The van der Waals surface area contributed by atoms with Crippen molar-refractivity contribution in [1.29, 1.82) is 0 Å². The molecule has 0 spiro atoms. The largest absolute Gasteiger partial charge is 0.353 e. The Morgan fingerprint density at radius 3 is 1.78 bits per heavy atom. The average molecular weight is 649 g/mol. The van der Waals surface area contributed by atoms with Crippen LogP contribution >= 0.6 is 7.60 Å². The minimum absolute atomic E-state index is 0.0393. The van der Waals surface area contributed by atoms with Crippen LogP contribution in [0.2, 0.25) is 0 Å². The summed E-state index contributed by atoms with van der Waals surface area (Å²) in [6, 6.07) is 5.76. The standard InChI is InChI=1S/C32H53N6O6P/c1-9-43-45(42,44-10-2)17-16-26(18-22(3)4)34-30(39)27(19-23(5)6)35-31(40)28(20-24(7)8)36-32(41)29(37-38-33)21-25-14-12-11-13-15-25/h11-17,22-24,26-29H,9-10,18-21H2,1-8H3,(H,34,39)(H,35,40)(H,36,41)/b17-16+/t26-,27+,28+,29+/m1/s1. The van der Waals surface area contributed by atoms with Gasteiger partial charge in [0.15, 0.2) is 0 Å². The lowest BCUT2D eigenvalue weighted by Gasteiger charge is -2.27. The van der Waals surface area contributed by atoms with Crippen LogP contribution in [0, 0.1) is 17.8 Å². The van der Waals surface area contributed by atoms with Crippen LogP contribution in [0.3, 0.4) is 0 Å². The maximum absolute atomic E-state index is 13.6. The fourth-order valence-electron chi connectivity index (χ4n) is 4.70. The monoisotopic (exact) mass is 648 g/mol. The highest BCUT2D eigenvalue weighted by Gasteiger charge is 2.31. The van der Waals surface area contributed by atoms with Crippen molar-refractivity contribution in [2.45, 2.75) is 105 Å². The molecule has 0 fully saturated rings. The fourth-order valence-corrected chi connectivity index (χ4v) is 6.09. The number of nitrogens with zero attached hydrogens (tertiary/aromatic N) is 3. The van der Waals surface area contributed by atoms with E-state index in [-0.39, 0.29) is 37.4 Å². The van der Waals surface area contributed by atoms with Gasteiger partial charge in [0.05, 0.1) is 13.2 Å². The lowest BCUT2D eigenvalue weighted by Crippen LogP contribution is -2.56. The molecule has 0 aliphatic heterocycles. The lowest BCUT2D eigenvalue weighted by molar-refractivity contribution is -0.133. The van der Waals surface area contributed by atoms with Crippen molar-refractivity contribution in [3.8, 4) is 0 Å². The van der Waals surface area contributed by atoms with Crippen molar-refractivity contribution < 1.29 is 28.0 Å². The molecular formula is C32H53N6O6P. The molecular weight excluding hydrogens is 595 g/mol. The summed E-state index contributed by atoms with van der Waals surface area (Å²) in [5, 5.41) is 12.3. The Morgan fingerprint density at radius 1 is 0.822 bits per heavy atom. The highest BCUT2D eigenvalue weighted by atomic mass is 31.2. The van der Waals surface area contributed by atoms with Gasteiger partial charge in [-0.15, -0.1) is 0 Å². The van der Waals surface area contributed by atoms with Crippen LogP contribution in [-0.4, -0.2) is 55.1 Å². The number of carbonyl (C=O) groups is 3. The summed E-state index contributed by atoms with van der Waals surface area (Å²) >= 11 is 0. The second-order valence-electron chi connectivity index (χ2n) is 12.3. The van der Waals surface area contributed by atoms with Gasteiger partial charge in [-0.3, -0.25) is 18.9 Å². The molecule has 0 aliphatic rings. The Bertz CT molecular complexity index is 1180. The van der Waals surface area contributed by atoms with Gasteiger partial charge in [-0.2, -0.15) is 0 Å². The Kier molecular flexibility index (Phi) is 18.4. The number of azide groups is 1. The van der Waals surface area contributed by atoms with E-state index in [1.165, 1.54) is 5.82 Å². The molecule has 45 heavy (non-hydrogen) atoms. The molecule has 1 rings (SSSR count). The maximum atomic E-state index is 13.6. The van der Waals surface area contributed by atoms with Crippen LogP contribution < -0.4 is 16.0 Å². The topological polar surface area (TPSA) is 172 Å². The summed E-state index contributed by atoms with van der Waals surface area (Å²) in [6.07, 6.45) is 3.02. The summed E-state index contributed by atoms with van der Waals surface area (Å²) < 4.78 is 23.7. The fraction of sp³-hybridized carbons (Fsp3) is 0.656. The smallest absolute Gasteiger partial charge is 0.348 e. The van der Waals surface area contributed by atoms with E-state index in [9.17, 15) is 18.9 Å². The second-order valence-corrected chi connectivity index (χ2v) is 14.1. The molecule has 0 heterocycles. The van der Waals surface area contributed by atoms with E-state index in [4.69, 9.17) is 14.6 Å². The van der Waals surface area contributed by atoms with Crippen molar-refractivity contribution in [2.24, 2.45) is 22.9 Å². The van der Waals surface area contributed by atoms with Crippen molar-refractivity contribution in [2.75, 3.05) is 13.2 Å². The molecule has 12 nitrogen and oxygen atoms in total. The summed E-state index contributed by atoms with van der Waals surface area (Å²) in [5.74, 6) is 0.199. The van der Waals surface area contributed by atoms with Crippen molar-refractivity contribution in [1.82, 2.24) is 16.0 Å². The number of hydrogen-bond donors (Lipinski definition) is 3. The third kappa shape index (κ3) is 16.1. The first-order valence-electron chi connectivity index (χ1n) is 15.8. The minimum atomic E-state index is -3.48. The van der Waals surface area contributed by atoms with Crippen LogP contribution in [0.15, 0.2) is 47.3 Å². The maximum Gasteiger partial charge on any atom is 0.353 e. The van der Waals surface area contributed by atoms with Gasteiger partial charge in [0.25, 0.3) is 0 Å². The molecule has 0 saturated carbocycles. The molecule has 0 aromatic heterocycles. The molecule has 0 saturated heterocycles. The van der Waals surface area contributed by atoms with E-state index in [0.29, 0.717) is 19.3 Å². The summed E-state index contributed by atoms with van der Waals surface area (Å²) in [4.78, 5) is 43.3. The van der Waals surface area contributed by atoms with Crippen LogP contribution in [0.1, 0.15) is 80.2 Å². The Balaban J connectivity index is 3.19. The number of hydrogen-bond acceptors (Lipinski definition) is 7. The number of carbonyl (C=O) groups excluding carboxylic acids is 3. The third-order valence-corrected chi connectivity index (χ3v) is 8.39. The number of rotatable bonds is 21. The number of amides is 3. The van der Waals surface area contributed by atoms with Gasteiger partial charge in [0.1, 0.15) is 18.1 Å². The van der Waals surface area contributed by atoms with E-state index in [1.807, 2.05) is 71.9 Å². The van der Waals surface area contributed by atoms with Gasteiger partial charge in [0.2, 0.25) is 17.7 Å². The summed E-state index contributed by atoms with van der Waals surface area (Å²) in [5.41, 5.74) is 9.91. The number of benzene rings is 1. The van der Waals surface area contributed by atoms with Gasteiger partial charge in [-0.05, 0) is 68.4 Å². The predicted octanol–water partition coefficient (Wildman–Crippen LogP) is 6.28. The molecule has 0 unspecified atom stereocenters. The van der Waals surface area contributed by atoms with Gasteiger partial charge >= 0.3 is 7.60 Å². The SMILES string of the molecule is CCOP(=O)(/C=C/[C@H](CC(C)C)NC(=O)[C@H](CC(C)C)NC(=O)[C@H](CC(C)C)NC(=O)[C@H](Cc1ccccc1)N=[N+]=[N-])OCC. The third-order valence-electron chi connectivity index (χ3n) is 6.62. The van der Waals surface area contributed by atoms with E-state index < -0.39 is 49.5 Å². The highest BCUT2D eigenvalue weighted by molar-refractivity contribution is 7.57. The van der Waals surface area contributed by atoms with Crippen molar-refractivity contribution in [3.05, 3.63) is 58.2 Å². The van der Waals surface area contributed by atoms with Crippen LogP contribution in [-0.2, 0) is 34.4 Å². The van der Waals surface area contributed by atoms with E-state index in [2.05, 4.69) is 26.0 Å². The van der Waals surface area contributed by atoms with Gasteiger partial charge < -0.3 is 25.0 Å². The van der Waals surface area contributed by atoms with Crippen LogP contribution in [0.5, 0.6) is 0 Å². The van der Waals surface area contributed by atoms with Crippen LogP contribution in [0.4, 0.5) is 0 Å². The van der Waals surface area contributed by atoms with E-state index in [1.54, 1.807) is 19.9 Å². The Labute approximate surface area is 268 Å². The van der Waals surface area contributed by atoms with Gasteiger partial charge in [-0.1, -0.05) is 83.1 Å². The van der Waals surface area contributed by atoms with Gasteiger partial charge in [-0.25, -0.2) is 0 Å². The van der Waals surface area contributed by atoms with Crippen LogP contribution in [0.25, 0.3) is 10.4 Å². The average Bonchev–Trinajstić information content (AvgIpc) is 2.95. The molecule has 0 aliphatic carbocycles. The summed E-state index contributed by atoms with van der Waals surface area (Å²) in [7, 11) is -3.48. The molecule has 0 radical (unpaired) electrons. The second kappa shape index (κ2) is 20.8. The molecule has 3 amide bonds. The van der Waals surface area contributed by atoms with Crippen molar-refractivity contribution >= 4 is 25.3 Å². The molecule has 4 atom stereocenters. The lowest BCUT2D eigenvalue weighted by atomic mass is 9.98. The zero-order valence-corrected chi connectivity index (χ0v) is 29.0. The molecule has 1 aromatic carbocycles. The van der Waals surface area contributed by atoms with E-state index >= 15 is 0 Å². The molecule has 252 valence electrons. The Hall–Kier alpha value is -3.17.